The predicted molar refractivity (Wildman–Crippen MR) is 78.2 cm³/mol. The molecule has 0 aliphatic heterocycles. The minimum Gasteiger partial charge on any atom is -0.481 e. The topological polar surface area (TPSA) is 72.5 Å². The van der Waals surface area contributed by atoms with Gasteiger partial charge in [-0.15, -0.1) is 6.58 Å². The number of ether oxygens (including phenoxy) is 1. The van der Waals surface area contributed by atoms with Crippen molar-refractivity contribution < 1.29 is 17.9 Å². The Kier molecular flexibility index (Phi) is 6.13. The Labute approximate surface area is 130 Å². The van der Waals surface area contributed by atoms with E-state index < -0.39 is 15.0 Å². The second kappa shape index (κ2) is 7.17. The summed E-state index contributed by atoms with van der Waals surface area (Å²) in [7, 11) is 1.23. The highest BCUT2D eigenvalue weighted by atomic mass is 35.7. The van der Waals surface area contributed by atoms with Gasteiger partial charge in [-0.05, 0) is 12.1 Å². The van der Waals surface area contributed by atoms with Crippen molar-refractivity contribution >= 4 is 48.8 Å². The number of carbonyl (C=O) groups is 1. The summed E-state index contributed by atoms with van der Waals surface area (Å²) in [4.78, 5) is 11.1. The van der Waals surface area contributed by atoms with Gasteiger partial charge in [0.05, 0.1) is 14.9 Å². The number of carbonyl (C=O) groups excluding carboxylic acids is 1. The van der Waals surface area contributed by atoms with Crippen molar-refractivity contribution in [1.29, 1.82) is 0 Å². The van der Waals surface area contributed by atoms with Crippen LogP contribution in [0.2, 0.25) is 10.0 Å². The number of halogens is 3. The fourth-order valence-corrected chi connectivity index (χ4v) is 2.70. The molecule has 0 unspecified atom stereocenters. The smallest absolute Gasteiger partial charge is 0.261 e. The van der Waals surface area contributed by atoms with Crippen molar-refractivity contribution in [3.05, 3.63) is 34.8 Å². The molecule has 20 heavy (non-hydrogen) atoms. The first-order valence-corrected chi connectivity index (χ1v) is 8.26. The molecule has 0 saturated carbocycles. The first-order valence-electron chi connectivity index (χ1n) is 5.19. The molecule has 1 amide bonds. The zero-order valence-corrected chi connectivity index (χ0v) is 13.1. The summed E-state index contributed by atoms with van der Waals surface area (Å²) in [5.41, 5.74) is 0. The fraction of sp³-hybridized carbons (Fsp3) is 0.182. The Morgan fingerprint density at radius 2 is 1.90 bits per heavy atom. The molecule has 0 radical (unpaired) electrons. The highest BCUT2D eigenvalue weighted by Crippen LogP contribution is 2.36. The van der Waals surface area contributed by atoms with E-state index in [1.807, 2.05) is 0 Å². The molecule has 0 atom stereocenters. The number of hydrogen-bond donors (Lipinski definition) is 1. The zero-order valence-electron chi connectivity index (χ0n) is 10.0. The van der Waals surface area contributed by atoms with E-state index in [0.717, 1.165) is 12.1 Å². The highest BCUT2D eigenvalue weighted by molar-refractivity contribution is 8.13. The number of benzene rings is 1. The van der Waals surface area contributed by atoms with Crippen molar-refractivity contribution in [2.75, 3.05) is 13.2 Å². The first kappa shape index (κ1) is 17.1. The third-order valence-corrected chi connectivity index (χ3v) is 3.94. The van der Waals surface area contributed by atoms with E-state index in [9.17, 15) is 13.2 Å². The van der Waals surface area contributed by atoms with Gasteiger partial charge in [0.2, 0.25) is 0 Å². The monoisotopic (exact) mass is 357 g/mol. The molecule has 1 N–H and O–H groups in total. The van der Waals surface area contributed by atoms with Gasteiger partial charge in [0, 0.05) is 17.2 Å². The SMILES string of the molecule is C=CCNC(=O)COc1c(Cl)cc(S(=O)(=O)Cl)cc1Cl. The van der Waals surface area contributed by atoms with Crippen LogP contribution in [-0.4, -0.2) is 27.5 Å². The molecule has 9 heteroatoms. The molecule has 0 aromatic heterocycles. The van der Waals surface area contributed by atoms with Crippen LogP contribution in [0.5, 0.6) is 5.75 Å². The fourth-order valence-electron chi connectivity index (χ4n) is 1.19. The molecule has 1 rings (SSSR count). The zero-order chi connectivity index (χ0) is 15.3. The number of amides is 1. The Hall–Kier alpha value is -0.950. The van der Waals surface area contributed by atoms with Gasteiger partial charge in [0.15, 0.2) is 12.4 Å². The number of hydrogen-bond acceptors (Lipinski definition) is 4. The quantitative estimate of drug-likeness (QED) is 0.627. The van der Waals surface area contributed by atoms with Crippen molar-refractivity contribution in [2.24, 2.45) is 0 Å². The molecule has 110 valence electrons. The molecular weight excluding hydrogens is 349 g/mol. The van der Waals surface area contributed by atoms with Crippen LogP contribution in [0.1, 0.15) is 0 Å². The predicted octanol–water partition coefficient (Wildman–Crippen LogP) is 2.60. The average molecular weight is 359 g/mol. The molecule has 1 aromatic carbocycles. The van der Waals surface area contributed by atoms with Gasteiger partial charge in [0.1, 0.15) is 0 Å². The van der Waals surface area contributed by atoms with Gasteiger partial charge in [-0.3, -0.25) is 4.79 Å². The van der Waals surface area contributed by atoms with Crippen LogP contribution < -0.4 is 10.1 Å². The van der Waals surface area contributed by atoms with Gasteiger partial charge in [-0.25, -0.2) is 8.42 Å². The van der Waals surface area contributed by atoms with E-state index in [1.54, 1.807) is 0 Å². The molecule has 0 aliphatic rings. The Balaban J connectivity index is 2.87. The van der Waals surface area contributed by atoms with Gasteiger partial charge in [-0.1, -0.05) is 29.3 Å². The van der Waals surface area contributed by atoms with Gasteiger partial charge in [0.25, 0.3) is 15.0 Å². The van der Waals surface area contributed by atoms with Crippen LogP contribution in [0.25, 0.3) is 0 Å². The number of rotatable bonds is 6. The van der Waals surface area contributed by atoms with Crippen LogP contribution in [0.3, 0.4) is 0 Å². The summed E-state index contributed by atoms with van der Waals surface area (Å²) in [5, 5.41) is 2.37. The maximum atomic E-state index is 11.3. The van der Waals surface area contributed by atoms with Crippen LogP contribution in [0, 0.1) is 0 Å². The second-order valence-electron chi connectivity index (χ2n) is 3.54. The molecule has 0 aliphatic carbocycles. The largest absolute Gasteiger partial charge is 0.481 e. The lowest BCUT2D eigenvalue weighted by Gasteiger charge is -2.10. The van der Waals surface area contributed by atoms with Crippen molar-refractivity contribution in [2.45, 2.75) is 4.90 Å². The molecular formula is C11H10Cl3NO4S. The van der Waals surface area contributed by atoms with E-state index >= 15 is 0 Å². The lowest BCUT2D eigenvalue weighted by atomic mass is 10.3. The summed E-state index contributed by atoms with van der Waals surface area (Å²) in [6, 6.07) is 2.18. The van der Waals surface area contributed by atoms with Crippen LogP contribution in [-0.2, 0) is 13.8 Å². The minimum atomic E-state index is -3.95. The Morgan fingerprint density at radius 1 is 1.35 bits per heavy atom. The summed E-state index contributed by atoms with van der Waals surface area (Å²) >= 11 is 11.7. The van der Waals surface area contributed by atoms with Crippen LogP contribution in [0.15, 0.2) is 29.7 Å². The summed E-state index contributed by atoms with van der Waals surface area (Å²) in [6.07, 6.45) is 1.51. The third-order valence-electron chi connectivity index (χ3n) is 2.04. The van der Waals surface area contributed by atoms with Crippen molar-refractivity contribution in [3.8, 4) is 5.75 Å². The molecule has 0 spiro atoms. The van der Waals surface area contributed by atoms with E-state index in [4.69, 9.17) is 38.6 Å². The molecule has 0 fully saturated rings. The molecule has 0 bridgehead atoms. The van der Waals surface area contributed by atoms with E-state index in [0.29, 0.717) is 6.54 Å². The Bertz CT molecular complexity index is 608. The lowest BCUT2D eigenvalue weighted by Crippen LogP contribution is -2.28. The van der Waals surface area contributed by atoms with Crippen molar-refractivity contribution in [3.63, 3.8) is 0 Å². The van der Waals surface area contributed by atoms with Gasteiger partial charge in [-0.2, -0.15) is 0 Å². The average Bonchev–Trinajstić information content (AvgIpc) is 2.34. The maximum absolute atomic E-state index is 11.3. The highest BCUT2D eigenvalue weighted by Gasteiger charge is 2.17. The molecule has 5 nitrogen and oxygen atoms in total. The maximum Gasteiger partial charge on any atom is 0.261 e. The van der Waals surface area contributed by atoms with E-state index in [1.165, 1.54) is 6.08 Å². The van der Waals surface area contributed by atoms with Crippen LogP contribution >= 0.6 is 33.9 Å². The normalized spacial score (nSPS) is 10.9. The lowest BCUT2D eigenvalue weighted by molar-refractivity contribution is -0.122. The minimum absolute atomic E-state index is 0.00570. The van der Waals surface area contributed by atoms with Gasteiger partial charge < -0.3 is 10.1 Å². The number of nitrogens with one attached hydrogen (secondary N) is 1. The summed E-state index contributed by atoms with van der Waals surface area (Å²) < 4.78 is 27.5. The summed E-state index contributed by atoms with van der Waals surface area (Å²) in [6.45, 7) is 3.42. The van der Waals surface area contributed by atoms with E-state index in [2.05, 4.69) is 11.9 Å². The Morgan fingerprint density at radius 3 is 2.35 bits per heavy atom. The van der Waals surface area contributed by atoms with Gasteiger partial charge >= 0.3 is 0 Å². The standard InChI is InChI=1S/C11H10Cl3NO4S/c1-2-3-15-10(16)6-19-11-8(12)4-7(5-9(11)13)20(14,17)18/h2,4-5H,1,3,6H2,(H,15,16). The van der Waals surface area contributed by atoms with Crippen LogP contribution in [0.4, 0.5) is 0 Å². The molecule has 1 aromatic rings. The molecule has 0 saturated heterocycles. The molecule has 0 heterocycles. The van der Waals surface area contributed by atoms with E-state index in [-0.39, 0.29) is 27.3 Å². The summed E-state index contributed by atoms with van der Waals surface area (Å²) in [5.74, 6) is -0.391. The third kappa shape index (κ3) is 4.86. The first-order chi connectivity index (χ1) is 9.25. The second-order valence-corrected chi connectivity index (χ2v) is 6.92. The van der Waals surface area contributed by atoms with Crippen molar-refractivity contribution in [1.82, 2.24) is 5.32 Å².